The molecule has 1 fully saturated rings. The van der Waals surface area contributed by atoms with Crippen LogP contribution in [0.5, 0.6) is 0 Å². The SMILES string of the molecule is CCCC(=O)N1CCC(S(=O)(=O)c2ccccc2)CC1. The molecule has 0 aliphatic carbocycles. The van der Waals surface area contributed by atoms with Crippen LogP contribution in [0.1, 0.15) is 32.6 Å². The Morgan fingerprint density at radius 2 is 1.80 bits per heavy atom. The fraction of sp³-hybridized carbons (Fsp3) is 0.533. The van der Waals surface area contributed by atoms with Gasteiger partial charge in [0.15, 0.2) is 9.84 Å². The zero-order valence-corrected chi connectivity index (χ0v) is 12.6. The third-order valence-corrected chi connectivity index (χ3v) is 6.05. The van der Waals surface area contributed by atoms with Gasteiger partial charge < -0.3 is 4.90 Å². The number of piperidine rings is 1. The van der Waals surface area contributed by atoms with Gasteiger partial charge in [0.05, 0.1) is 10.1 Å². The molecule has 0 saturated carbocycles. The van der Waals surface area contributed by atoms with Crippen LogP contribution in [0.15, 0.2) is 35.2 Å². The zero-order valence-electron chi connectivity index (χ0n) is 11.8. The van der Waals surface area contributed by atoms with E-state index in [1.165, 1.54) is 0 Å². The Kier molecular flexibility index (Phi) is 4.81. The summed E-state index contributed by atoms with van der Waals surface area (Å²) in [7, 11) is -3.26. The zero-order chi connectivity index (χ0) is 14.6. The molecule has 0 unspecified atom stereocenters. The molecule has 0 atom stereocenters. The van der Waals surface area contributed by atoms with Gasteiger partial charge in [0, 0.05) is 19.5 Å². The second kappa shape index (κ2) is 6.39. The number of hydrogen-bond acceptors (Lipinski definition) is 3. The van der Waals surface area contributed by atoms with Crippen molar-refractivity contribution in [3.05, 3.63) is 30.3 Å². The van der Waals surface area contributed by atoms with Crippen LogP contribution in [0.4, 0.5) is 0 Å². The lowest BCUT2D eigenvalue weighted by atomic mass is 10.1. The molecule has 0 aromatic heterocycles. The fourth-order valence-corrected chi connectivity index (χ4v) is 4.34. The van der Waals surface area contributed by atoms with E-state index in [0.717, 1.165) is 6.42 Å². The predicted octanol–water partition coefficient (Wildman–Crippen LogP) is 2.25. The number of hydrogen-bond donors (Lipinski definition) is 0. The Morgan fingerprint density at radius 3 is 2.35 bits per heavy atom. The number of likely N-dealkylation sites (tertiary alicyclic amines) is 1. The lowest BCUT2D eigenvalue weighted by molar-refractivity contribution is -0.132. The summed E-state index contributed by atoms with van der Waals surface area (Å²) in [6, 6.07) is 8.58. The van der Waals surface area contributed by atoms with Crippen molar-refractivity contribution in [2.24, 2.45) is 0 Å². The normalized spacial score (nSPS) is 17.1. The van der Waals surface area contributed by atoms with E-state index in [-0.39, 0.29) is 11.2 Å². The smallest absolute Gasteiger partial charge is 0.222 e. The summed E-state index contributed by atoms with van der Waals surface area (Å²) in [6.45, 7) is 3.08. The van der Waals surface area contributed by atoms with Gasteiger partial charge in [-0.1, -0.05) is 25.1 Å². The van der Waals surface area contributed by atoms with Crippen molar-refractivity contribution in [1.29, 1.82) is 0 Å². The maximum absolute atomic E-state index is 12.5. The molecular formula is C15H21NO3S. The van der Waals surface area contributed by atoms with E-state index in [4.69, 9.17) is 0 Å². The van der Waals surface area contributed by atoms with Gasteiger partial charge in [0.25, 0.3) is 0 Å². The maximum Gasteiger partial charge on any atom is 0.222 e. The first-order valence-corrected chi connectivity index (χ1v) is 8.67. The summed E-state index contributed by atoms with van der Waals surface area (Å²) < 4.78 is 25.0. The molecule has 1 aromatic rings. The minimum atomic E-state index is -3.26. The van der Waals surface area contributed by atoms with Gasteiger partial charge >= 0.3 is 0 Å². The molecule has 1 saturated heterocycles. The fourth-order valence-electron chi connectivity index (χ4n) is 2.59. The van der Waals surface area contributed by atoms with Gasteiger partial charge in [0.2, 0.25) is 5.91 Å². The van der Waals surface area contributed by atoms with Crippen molar-refractivity contribution in [2.45, 2.75) is 42.8 Å². The largest absolute Gasteiger partial charge is 0.343 e. The Hall–Kier alpha value is -1.36. The van der Waals surface area contributed by atoms with Gasteiger partial charge in [-0.2, -0.15) is 0 Å². The first-order chi connectivity index (χ1) is 9.55. The summed E-state index contributed by atoms with van der Waals surface area (Å²) in [5.41, 5.74) is 0. The highest BCUT2D eigenvalue weighted by molar-refractivity contribution is 7.92. The molecule has 20 heavy (non-hydrogen) atoms. The molecule has 0 N–H and O–H groups in total. The van der Waals surface area contributed by atoms with Gasteiger partial charge in [-0.15, -0.1) is 0 Å². The standard InChI is InChI=1S/C15H21NO3S/c1-2-6-15(17)16-11-9-14(10-12-16)20(18,19)13-7-4-3-5-8-13/h3-5,7-8,14H,2,6,9-12H2,1H3. The van der Waals surface area contributed by atoms with Crippen molar-refractivity contribution in [1.82, 2.24) is 4.90 Å². The van der Waals surface area contributed by atoms with E-state index in [2.05, 4.69) is 0 Å². The molecule has 1 aliphatic rings. The molecule has 4 nitrogen and oxygen atoms in total. The van der Waals surface area contributed by atoms with Crippen LogP contribution >= 0.6 is 0 Å². The van der Waals surface area contributed by atoms with Crippen LogP contribution in [0.3, 0.4) is 0 Å². The van der Waals surface area contributed by atoms with E-state index in [0.29, 0.717) is 37.2 Å². The Bertz CT molecular complexity index is 546. The first kappa shape index (κ1) is 15.0. The van der Waals surface area contributed by atoms with E-state index in [9.17, 15) is 13.2 Å². The Balaban J connectivity index is 2.02. The number of benzene rings is 1. The average molecular weight is 295 g/mol. The topological polar surface area (TPSA) is 54.5 Å². The van der Waals surface area contributed by atoms with Crippen LogP contribution in [-0.4, -0.2) is 37.6 Å². The monoisotopic (exact) mass is 295 g/mol. The van der Waals surface area contributed by atoms with Gasteiger partial charge in [-0.25, -0.2) is 8.42 Å². The van der Waals surface area contributed by atoms with E-state index < -0.39 is 9.84 Å². The molecule has 0 bridgehead atoms. The number of sulfone groups is 1. The lowest BCUT2D eigenvalue weighted by Gasteiger charge is -2.31. The predicted molar refractivity (Wildman–Crippen MR) is 78.1 cm³/mol. The van der Waals surface area contributed by atoms with Gasteiger partial charge in [-0.3, -0.25) is 4.79 Å². The molecule has 1 amide bonds. The molecule has 0 spiro atoms. The van der Waals surface area contributed by atoms with Crippen molar-refractivity contribution < 1.29 is 13.2 Å². The minimum absolute atomic E-state index is 0.142. The first-order valence-electron chi connectivity index (χ1n) is 7.12. The second-order valence-corrected chi connectivity index (χ2v) is 7.42. The molecule has 2 rings (SSSR count). The number of carbonyl (C=O) groups is 1. The van der Waals surface area contributed by atoms with Crippen LogP contribution in [0, 0.1) is 0 Å². The number of rotatable bonds is 4. The summed E-state index contributed by atoms with van der Waals surface area (Å²) in [5, 5.41) is -0.365. The minimum Gasteiger partial charge on any atom is -0.343 e. The van der Waals surface area contributed by atoms with Crippen LogP contribution in [0.25, 0.3) is 0 Å². The van der Waals surface area contributed by atoms with Crippen LogP contribution < -0.4 is 0 Å². The van der Waals surface area contributed by atoms with E-state index in [1.54, 1.807) is 29.2 Å². The third-order valence-electron chi connectivity index (χ3n) is 3.77. The van der Waals surface area contributed by atoms with Crippen LogP contribution in [0.2, 0.25) is 0 Å². The maximum atomic E-state index is 12.5. The van der Waals surface area contributed by atoms with E-state index in [1.807, 2.05) is 13.0 Å². The highest BCUT2D eigenvalue weighted by Crippen LogP contribution is 2.24. The number of nitrogens with zero attached hydrogens (tertiary/aromatic N) is 1. The molecule has 110 valence electrons. The number of carbonyl (C=O) groups excluding carboxylic acids is 1. The van der Waals surface area contributed by atoms with Gasteiger partial charge in [0.1, 0.15) is 0 Å². The molecule has 1 heterocycles. The van der Waals surface area contributed by atoms with Crippen molar-refractivity contribution >= 4 is 15.7 Å². The van der Waals surface area contributed by atoms with Gasteiger partial charge in [-0.05, 0) is 31.4 Å². The summed E-state index contributed by atoms with van der Waals surface area (Å²) >= 11 is 0. The summed E-state index contributed by atoms with van der Waals surface area (Å²) in [5.74, 6) is 0.142. The van der Waals surface area contributed by atoms with Crippen molar-refractivity contribution in [2.75, 3.05) is 13.1 Å². The Morgan fingerprint density at radius 1 is 1.20 bits per heavy atom. The number of amides is 1. The average Bonchev–Trinajstić information content (AvgIpc) is 2.48. The molecule has 1 aromatic carbocycles. The molecule has 5 heteroatoms. The Labute approximate surface area is 120 Å². The molecule has 1 aliphatic heterocycles. The van der Waals surface area contributed by atoms with Crippen LogP contribution in [-0.2, 0) is 14.6 Å². The highest BCUT2D eigenvalue weighted by Gasteiger charge is 2.32. The van der Waals surface area contributed by atoms with Crippen molar-refractivity contribution in [3.8, 4) is 0 Å². The van der Waals surface area contributed by atoms with Crippen molar-refractivity contribution in [3.63, 3.8) is 0 Å². The summed E-state index contributed by atoms with van der Waals surface area (Å²) in [6.07, 6.45) is 2.45. The highest BCUT2D eigenvalue weighted by atomic mass is 32.2. The molecule has 0 radical (unpaired) electrons. The third kappa shape index (κ3) is 3.20. The quantitative estimate of drug-likeness (QED) is 0.856. The lowest BCUT2D eigenvalue weighted by Crippen LogP contribution is -2.42. The summed E-state index contributed by atoms with van der Waals surface area (Å²) in [4.78, 5) is 14.0. The second-order valence-electron chi connectivity index (χ2n) is 5.19. The molecular weight excluding hydrogens is 274 g/mol. The van der Waals surface area contributed by atoms with E-state index >= 15 is 0 Å².